The average Bonchev–Trinajstić information content (AvgIpc) is 2.09. The fourth-order valence-electron chi connectivity index (χ4n) is 0.916. The molecule has 12 heavy (non-hydrogen) atoms. The van der Waals surface area contributed by atoms with E-state index in [0.29, 0.717) is 12.1 Å². The Morgan fingerprint density at radius 2 is 2.25 bits per heavy atom. The third-order valence-electron chi connectivity index (χ3n) is 1.44. The molecule has 3 nitrogen and oxygen atoms in total. The van der Waals surface area contributed by atoms with Crippen LogP contribution in [0.2, 0.25) is 0 Å². The highest BCUT2D eigenvalue weighted by molar-refractivity contribution is 5.46. The van der Waals surface area contributed by atoms with Crippen LogP contribution in [0.15, 0.2) is 29.4 Å². The largest absolute Gasteiger partial charge is 0.120 e. The van der Waals surface area contributed by atoms with Crippen molar-refractivity contribution in [3.8, 4) is 12.3 Å². The first-order valence-electron chi connectivity index (χ1n) is 3.45. The summed E-state index contributed by atoms with van der Waals surface area (Å²) in [4.78, 5) is 2.71. The number of rotatable bonds is 2. The number of nitrogens with zero attached hydrogens (tertiary/aromatic N) is 3. The van der Waals surface area contributed by atoms with Crippen LogP contribution in [0.3, 0.4) is 0 Å². The molecule has 0 aliphatic heterocycles. The lowest BCUT2D eigenvalue weighted by atomic mass is 10.1. The molecule has 58 valence electrons. The highest BCUT2D eigenvalue weighted by Crippen LogP contribution is 2.18. The van der Waals surface area contributed by atoms with Gasteiger partial charge in [-0.3, -0.25) is 0 Å². The van der Waals surface area contributed by atoms with Crippen molar-refractivity contribution in [3.05, 3.63) is 40.3 Å². The molecule has 1 aromatic carbocycles. The van der Waals surface area contributed by atoms with Crippen molar-refractivity contribution in [2.45, 2.75) is 6.42 Å². The first-order chi connectivity index (χ1) is 5.88. The van der Waals surface area contributed by atoms with Crippen molar-refractivity contribution in [2.75, 3.05) is 0 Å². The fraction of sp³-hybridized carbons (Fsp3) is 0.111. The topological polar surface area (TPSA) is 48.8 Å². The van der Waals surface area contributed by atoms with Crippen LogP contribution in [0.25, 0.3) is 10.4 Å². The van der Waals surface area contributed by atoms with E-state index < -0.39 is 0 Å². The number of terminal acetylenes is 1. The Morgan fingerprint density at radius 3 is 2.92 bits per heavy atom. The molecule has 0 aliphatic rings. The predicted molar refractivity (Wildman–Crippen MR) is 47.8 cm³/mol. The van der Waals surface area contributed by atoms with Crippen molar-refractivity contribution < 1.29 is 0 Å². The zero-order valence-electron chi connectivity index (χ0n) is 6.44. The smallest absolute Gasteiger partial charge is 0.0417 e. The minimum Gasteiger partial charge on any atom is -0.120 e. The van der Waals surface area contributed by atoms with Gasteiger partial charge in [0.2, 0.25) is 0 Å². The van der Waals surface area contributed by atoms with Crippen LogP contribution in [-0.4, -0.2) is 0 Å². The summed E-state index contributed by atoms with van der Waals surface area (Å²) in [5.74, 6) is 2.50. The van der Waals surface area contributed by atoms with Crippen LogP contribution in [0.5, 0.6) is 0 Å². The van der Waals surface area contributed by atoms with E-state index in [1.165, 1.54) is 0 Å². The highest BCUT2D eigenvalue weighted by atomic mass is 15.1. The summed E-state index contributed by atoms with van der Waals surface area (Å²) in [6, 6.07) is 7.27. The van der Waals surface area contributed by atoms with E-state index in [9.17, 15) is 0 Å². The molecule has 0 unspecified atom stereocenters. The Bertz CT molecular complexity index is 356. The summed E-state index contributed by atoms with van der Waals surface area (Å²) < 4.78 is 0. The zero-order chi connectivity index (χ0) is 8.81. The summed E-state index contributed by atoms with van der Waals surface area (Å²) in [7, 11) is 0. The Kier molecular flexibility index (Phi) is 2.78. The van der Waals surface area contributed by atoms with Gasteiger partial charge in [-0.25, -0.2) is 0 Å². The van der Waals surface area contributed by atoms with E-state index in [1.807, 2.05) is 18.2 Å². The van der Waals surface area contributed by atoms with Gasteiger partial charge in [0.1, 0.15) is 0 Å². The standard InChI is InChI=1S/C9H7N3/c1-2-5-8-6-3-4-7-9(8)11-12-10/h1,3-4,6-7H,5H2. The van der Waals surface area contributed by atoms with Gasteiger partial charge < -0.3 is 0 Å². The maximum atomic E-state index is 8.22. The Morgan fingerprint density at radius 1 is 1.50 bits per heavy atom. The summed E-state index contributed by atoms with van der Waals surface area (Å²) in [5.41, 5.74) is 9.72. The SMILES string of the molecule is C#CCc1ccccc1N=[N+]=[N-]. The van der Waals surface area contributed by atoms with Gasteiger partial charge in [0.15, 0.2) is 0 Å². The second-order valence-corrected chi connectivity index (χ2v) is 2.20. The van der Waals surface area contributed by atoms with Gasteiger partial charge in [0, 0.05) is 17.0 Å². The molecule has 0 radical (unpaired) electrons. The summed E-state index contributed by atoms with van der Waals surface area (Å²) in [6.45, 7) is 0. The van der Waals surface area contributed by atoms with Crippen LogP contribution < -0.4 is 0 Å². The Balaban J connectivity index is 3.09. The molecule has 0 aliphatic carbocycles. The lowest BCUT2D eigenvalue weighted by molar-refractivity contribution is 1.28. The van der Waals surface area contributed by atoms with E-state index in [1.54, 1.807) is 6.07 Å². The van der Waals surface area contributed by atoms with Crippen molar-refractivity contribution in [1.29, 1.82) is 0 Å². The van der Waals surface area contributed by atoms with Crippen molar-refractivity contribution in [3.63, 3.8) is 0 Å². The average molecular weight is 157 g/mol. The normalized spacial score (nSPS) is 8.25. The Labute approximate surface area is 70.7 Å². The monoisotopic (exact) mass is 157 g/mol. The molecule has 0 fully saturated rings. The number of hydrogen-bond acceptors (Lipinski definition) is 1. The first-order valence-corrected chi connectivity index (χ1v) is 3.45. The van der Waals surface area contributed by atoms with E-state index in [0.717, 1.165) is 5.56 Å². The molecule has 0 spiro atoms. The maximum absolute atomic E-state index is 8.22. The molecule has 0 bridgehead atoms. The highest BCUT2D eigenvalue weighted by Gasteiger charge is 1.95. The lowest BCUT2D eigenvalue weighted by Gasteiger charge is -1.98. The number of hydrogen-bond donors (Lipinski definition) is 0. The second-order valence-electron chi connectivity index (χ2n) is 2.20. The van der Waals surface area contributed by atoms with E-state index in [-0.39, 0.29) is 0 Å². The third kappa shape index (κ3) is 1.79. The van der Waals surface area contributed by atoms with E-state index in [2.05, 4.69) is 15.9 Å². The number of benzene rings is 1. The van der Waals surface area contributed by atoms with Crippen LogP contribution in [0, 0.1) is 12.3 Å². The Hall–Kier alpha value is -1.91. The van der Waals surface area contributed by atoms with Crippen molar-refractivity contribution in [1.82, 2.24) is 0 Å². The zero-order valence-corrected chi connectivity index (χ0v) is 6.44. The molecule has 0 aromatic heterocycles. The van der Waals surface area contributed by atoms with Gasteiger partial charge in [-0.15, -0.1) is 12.3 Å². The lowest BCUT2D eigenvalue weighted by Crippen LogP contribution is -1.80. The molecule has 1 aromatic rings. The summed E-state index contributed by atoms with van der Waals surface area (Å²) in [5, 5.41) is 3.51. The van der Waals surface area contributed by atoms with Crippen LogP contribution in [0.1, 0.15) is 5.56 Å². The second kappa shape index (κ2) is 4.07. The number of azide groups is 1. The molecule has 0 amide bonds. The molecular weight excluding hydrogens is 150 g/mol. The minimum absolute atomic E-state index is 0.495. The van der Waals surface area contributed by atoms with E-state index >= 15 is 0 Å². The summed E-state index contributed by atoms with van der Waals surface area (Å²) >= 11 is 0. The molecule has 0 heterocycles. The molecule has 0 saturated carbocycles. The van der Waals surface area contributed by atoms with Crippen LogP contribution in [0.4, 0.5) is 5.69 Å². The quantitative estimate of drug-likeness (QED) is 0.274. The van der Waals surface area contributed by atoms with Gasteiger partial charge in [-0.1, -0.05) is 29.4 Å². The van der Waals surface area contributed by atoms with Crippen LogP contribution >= 0.6 is 0 Å². The van der Waals surface area contributed by atoms with Gasteiger partial charge in [0.25, 0.3) is 0 Å². The third-order valence-corrected chi connectivity index (χ3v) is 1.44. The van der Waals surface area contributed by atoms with Gasteiger partial charge in [-0.2, -0.15) is 0 Å². The van der Waals surface area contributed by atoms with Gasteiger partial charge >= 0.3 is 0 Å². The summed E-state index contributed by atoms with van der Waals surface area (Å²) in [6.07, 6.45) is 5.64. The molecular formula is C9H7N3. The van der Waals surface area contributed by atoms with Gasteiger partial charge in [-0.05, 0) is 11.1 Å². The minimum atomic E-state index is 0.495. The molecule has 0 atom stereocenters. The van der Waals surface area contributed by atoms with E-state index in [4.69, 9.17) is 12.0 Å². The molecule has 0 N–H and O–H groups in total. The maximum Gasteiger partial charge on any atom is 0.0417 e. The molecule has 0 saturated heterocycles. The van der Waals surface area contributed by atoms with Crippen LogP contribution in [-0.2, 0) is 6.42 Å². The van der Waals surface area contributed by atoms with Crippen molar-refractivity contribution >= 4 is 5.69 Å². The van der Waals surface area contributed by atoms with Gasteiger partial charge in [0.05, 0.1) is 0 Å². The fourth-order valence-corrected chi connectivity index (χ4v) is 0.916. The van der Waals surface area contributed by atoms with Crippen molar-refractivity contribution in [2.24, 2.45) is 5.11 Å². The first kappa shape index (κ1) is 8.19. The predicted octanol–water partition coefficient (Wildman–Crippen LogP) is 2.80. The molecule has 3 heteroatoms. The molecule has 1 rings (SSSR count).